The standard InChI is InChI=1S/C33H44N2O2/c1-23-19-27-15-9-17-34(27)30(32(23)25-11-5-3-6-12-25)21-29(36)22-31-33(37,26-13-7-4-8-14-26)24(2)20-28-16-10-18-35(28)31/h3-8,11-14,23-24,27-28,30-32,37H,9-10,15-22H2,1-2H3/t23-,24-,27+,28+,30-,31-,32-,33+/m1/s1. The lowest BCUT2D eigenvalue weighted by atomic mass is 9.68. The molecule has 6 rings (SSSR count). The Balaban J connectivity index is 1.29. The maximum Gasteiger partial charge on any atom is 0.136 e. The van der Waals surface area contributed by atoms with Crippen molar-refractivity contribution in [3.63, 3.8) is 0 Å². The fraction of sp³-hybridized carbons (Fsp3) is 0.606. The molecule has 0 amide bonds. The Hall–Kier alpha value is -2.01. The zero-order chi connectivity index (χ0) is 25.6. The Morgan fingerprint density at radius 1 is 0.865 bits per heavy atom. The number of nitrogens with zero attached hydrogens (tertiary/aromatic N) is 2. The molecule has 0 bridgehead atoms. The highest BCUT2D eigenvalue weighted by Gasteiger charge is 2.54. The molecule has 8 atom stereocenters. The van der Waals surface area contributed by atoms with Crippen LogP contribution in [0, 0.1) is 11.8 Å². The van der Waals surface area contributed by atoms with Crippen molar-refractivity contribution in [2.45, 2.75) is 101 Å². The lowest BCUT2D eigenvalue weighted by Crippen LogP contribution is -2.61. The summed E-state index contributed by atoms with van der Waals surface area (Å²) >= 11 is 0. The van der Waals surface area contributed by atoms with Gasteiger partial charge in [-0.1, -0.05) is 74.5 Å². The van der Waals surface area contributed by atoms with Crippen molar-refractivity contribution in [3.05, 3.63) is 71.8 Å². The zero-order valence-corrected chi connectivity index (χ0v) is 22.6. The summed E-state index contributed by atoms with van der Waals surface area (Å²) in [5, 5.41) is 12.4. The second-order valence-corrected chi connectivity index (χ2v) is 12.6. The van der Waals surface area contributed by atoms with Crippen LogP contribution in [-0.2, 0) is 10.4 Å². The van der Waals surface area contributed by atoms with Crippen LogP contribution in [0.1, 0.15) is 82.3 Å². The van der Waals surface area contributed by atoms with Crippen LogP contribution in [0.5, 0.6) is 0 Å². The van der Waals surface area contributed by atoms with Gasteiger partial charge in [0.15, 0.2) is 0 Å². The number of fused-ring (bicyclic) bond motifs is 2. The second kappa shape index (κ2) is 10.3. The van der Waals surface area contributed by atoms with E-state index in [0.29, 0.717) is 42.5 Å². The fourth-order valence-corrected chi connectivity index (χ4v) is 8.86. The Labute approximate surface area is 223 Å². The SMILES string of the molecule is C[C@@H]1C[C@@H]2CCCN2[C@H](CC(=O)C[C@H]2N3CCC[C@H]3C[C@@H](C)[C@]2(O)c2ccccc2)[C@H]1c1ccccc1. The van der Waals surface area contributed by atoms with Crippen molar-refractivity contribution < 1.29 is 9.90 Å². The molecule has 198 valence electrons. The molecule has 37 heavy (non-hydrogen) atoms. The van der Waals surface area contributed by atoms with Crippen LogP contribution < -0.4 is 0 Å². The zero-order valence-electron chi connectivity index (χ0n) is 22.6. The Morgan fingerprint density at radius 2 is 1.49 bits per heavy atom. The third-order valence-corrected chi connectivity index (χ3v) is 10.5. The summed E-state index contributed by atoms with van der Waals surface area (Å²) in [6.07, 6.45) is 8.12. The molecule has 4 nitrogen and oxygen atoms in total. The van der Waals surface area contributed by atoms with Crippen LogP contribution in [0.25, 0.3) is 0 Å². The summed E-state index contributed by atoms with van der Waals surface area (Å²) in [4.78, 5) is 19.3. The number of carbonyl (C=O) groups is 1. The number of rotatable bonds is 6. The van der Waals surface area contributed by atoms with Crippen molar-refractivity contribution in [1.29, 1.82) is 0 Å². The summed E-state index contributed by atoms with van der Waals surface area (Å²) in [6, 6.07) is 22.3. The highest BCUT2D eigenvalue weighted by molar-refractivity contribution is 5.80. The maximum absolute atomic E-state index is 14.1. The molecule has 4 aliphatic rings. The van der Waals surface area contributed by atoms with Crippen molar-refractivity contribution in [2.75, 3.05) is 13.1 Å². The van der Waals surface area contributed by atoms with Crippen LogP contribution in [-0.4, -0.2) is 57.9 Å². The largest absolute Gasteiger partial charge is 0.383 e. The molecule has 2 aromatic carbocycles. The predicted molar refractivity (Wildman–Crippen MR) is 148 cm³/mol. The van der Waals surface area contributed by atoms with Gasteiger partial charge < -0.3 is 5.11 Å². The topological polar surface area (TPSA) is 43.8 Å². The molecule has 4 fully saturated rings. The third kappa shape index (κ3) is 4.49. The van der Waals surface area contributed by atoms with Gasteiger partial charge in [-0.05, 0) is 74.6 Å². The average Bonchev–Trinajstić information content (AvgIpc) is 3.57. The highest BCUT2D eigenvalue weighted by Crippen LogP contribution is 2.49. The molecule has 0 spiro atoms. The molecule has 4 heteroatoms. The molecule has 0 saturated carbocycles. The number of ketones is 1. The van der Waals surface area contributed by atoms with E-state index in [0.717, 1.165) is 25.1 Å². The Bertz CT molecular complexity index is 1070. The van der Waals surface area contributed by atoms with E-state index in [-0.39, 0.29) is 18.0 Å². The normalized spacial score (nSPS) is 38.3. The quantitative estimate of drug-likeness (QED) is 0.548. The minimum atomic E-state index is -0.993. The second-order valence-electron chi connectivity index (χ2n) is 12.6. The van der Waals surface area contributed by atoms with Gasteiger partial charge in [0.2, 0.25) is 0 Å². The van der Waals surface area contributed by atoms with Crippen LogP contribution >= 0.6 is 0 Å². The monoisotopic (exact) mass is 500 g/mol. The van der Waals surface area contributed by atoms with Gasteiger partial charge >= 0.3 is 0 Å². The van der Waals surface area contributed by atoms with Crippen LogP contribution in [0.15, 0.2) is 60.7 Å². The van der Waals surface area contributed by atoms with Gasteiger partial charge in [-0.15, -0.1) is 0 Å². The number of piperidine rings is 2. The first-order chi connectivity index (χ1) is 18.0. The van der Waals surface area contributed by atoms with E-state index in [4.69, 9.17) is 0 Å². The molecule has 4 aliphatic heterocycles. The summed E-state index contributed by atoms with van der Waals surface area (Å²) in [5.74, 6) is 1.40. The van der Waals surface area contributed by atoms with Gasteiger partial charge in [0.1, 0.15) is 11.4 Å². The molecule has 0 radical (unpaired) electrons. The van der Waals surface area contributed by atoms with Crippen LogP contribution in [0.2, 0.25) is 0 Å². The van der Waals surface area contributed by atoms with Crippen molar-refractivity contribution in [3.8, 4) is 0 Å². The van der Waals surface area contributed by atoms with Gasteiger partial charge in [-0.25, -0.2) is 0 Å². The first-order valence-corrected chi connectivity index (χ1v) is 14.8. The molecular formula is C33H44N2O2. The predicted octanol–water partition coefficient (Wildman–Crippen LogP) is 5.75. The van der Waals surface area contributed by atoms with Gasteiger partial charge in [0, 0.05) is 36.9 Å². The van der Waals surface area contributed by atoms with E-state index >= 15 is 0 Å². The van der Waals surface area contributed by atoms with Crippen molar-refractivity contribution in [1.82, 2.24) is 9.80 Å². The van der Waals surface area contributed by atoms with Crippen molar-refractivity contribution in [2.24, 2.45) is 11.8 Å². The maximum atomic E-state index is 14.1. The van der Waals surface area contributed by atoms with E-state index in [9.17, 15) is 9.90 Å². The summed E-state index contributed by atoms with van der Waals surface area (Å²) in [7, 11) is 0. The van der Waals surface area contributed by atoms with Gasteiger partial charge in [-0.3, -0.25) is 14.6 Å². The average molecular weight is 501 g/mol. The Morgan fingerprint density at radius 3 is 2.19 bits per heavy atom. The summed E-state index contributed by atoms with van der Waals surface area (Å²) in [5.41, 5.74) is 1.36. The number of Topliss-reactive ketones (excluding diaryl/α,β-unsaturated/α-hetero) is 1. The van der Waals surface area contributed by atoms with Gasteiger partial charge in [-0.2, -0.15) is 0 Å². The lowest BCUT2D eigenvalue weighted by Gasteiger charge is -2.52. The molecule has 0 unspecified atom stereocenters. The molecule has 0 aliphatic carbocycles. The third-order valence-electron chi connectivity index (χ3n) is 10.5. The van der Waals surface area contributed by atoms with Crippen LogP contribution in [0.4, 0.5) is 0 Å². The number of benzene rings is 2. The van der Waals surface area contributed by atoms with E-state index < -0.39 is 5.60 Å². The smallest absolute Gasteiger partial charge is 0.136 e. The first-order valence-electron chi connectivity index (χ1n) is 14.8. The Kier molecular flexibility index (Phi) is 7.02. The van der Waals surface area contributed by atoms with Gasteiger partial charge in [0.05, 0.1) is 6.04 Å². The lowest BCUT2D eigenvalue weighted by molar-refractivity contribution is -0.147. The van der Waals surface area contributed by atoms with E-state index in [2.05, 4.69) is 66.1 Å². The number of hydrogen-bond acceptors (Lipinski definition) is 4. The first kappa shape index (κ1) is 25.3. The number of hydrogen-bond donors (Lipinski definition) is 1. The highest BCUT2D eigenvalue weighted by atomic mass is 16.3. The number of aliphatic hydroxyl groups is 1. The van der Waals surface area contributed by atoms with Crippen LogP contribution in [0.3, 0.4) is 0 Å². The van der Waals surface area contributed by atoms with Gasteiger partial charge in [0.25, 0.3) is 0 Å². The van der Waals surface area contributed by atoms with E-state index in [1.807, 2.05) is 18.2 Å². The van der Waals surface area contributed by atoms with Crippen molar-refractivity contribution >= 4 is 5.78 Å². The minimum absolute atomic E-state index is 0.127. The molecule has 2 aromatic rings. The molecule has 4 saturated heterocycles. The van der Waals surface area contributed by atoms with E-state index in [1.54, 1.807) is 0 Å². The molecule has 0 aromatic heterocycles. The fourth-order valence-electron chi connectivity index (χ4n) is 8.86. The summed E-state index contributed by atoms with van der Waals surface area (Å²) in [6.45, 7) is 6.70. The molecular weight excluding hydrogens is 456 g/mol. The molecule has 1 N–H and O–H groups in total. The summed E-state index contributed by atoms with van der Waals surface area (Å²) < 4.78 is 0. The minimum Gasteiger partial charge on any atom is -0.383 e. The number of carbonyl (C=O) groups excluding carboxylic acids is 1. The molecule has 4 heterocycles. The van der Waals surface area contributed by atoms with E-state index in [1.165, 1.54) is 37.7 Å².